The predicted octanol–water partition coefficient (Wildman–Crippen LogP) is 2.27. The van der Waals surface area contributed by atoms with E-state index in [0.29, 0.717) is 17.3 Å². The Morgan fingerprint density at radius 1 is 1.36 bits per heavy atom. The summed E-state index contributed by atoms with van der Waals surface area (Å²) in [5, 5.41) is 19.5. The average Bonchev–Trinajstić information content (AvgIpc) is 3.30. The lowest BCUT2D eigenvalue weighted by Gasteiger charge is -2.17. The lowest BCUT2D eigenvalue weighted by Crippen LogP contribution is -2.33. The molecule has 0 bridgehead atoms. The molecule has 1 aromatic heterocycles. The van der Waals surface area contributed by atoms with Crippen LogP contribution in [0.4, 0.5) is 5.13 Å². The van der Waals surface area contributed by atoms with Gasteiger partial charge in [0.1, 0.15) is 10.7 Å². The Morgan fingerprint density at radius 2 is 2.24 bits per heavy atom. The normalized spacial score (nSPS) is 22.1. The Hall–Kier alpha value is -2.32. The van der Waals surface area contributed by atoms with Crippen molar-refractivity contribution in [3.8, 4) is 10.6 Å². The molecule has 0 saturated carbocycles. The van der Waals surface area contributed by atoms with Gasteiger partial charge in [0.2, 0.25) is 5.13 Å². The largest absolute Gasteiger partial charge is 0.387 e. The van der Waals surface area contributed by atoms with Crippen molar-refractivity contribution in [3.05, 3.63) is 29.3 Å². The number of nitrogens with one attached hydrogen (secondary N) is 2. The van der Waals surface area contributed by atoms with Crippen LogP contribution in [0.1, 0.15) is 24.0 Å². The lowest BCUT2D eigenvalue weighted by atomic mass is 9.96. The molecule has 1 unspecified atom stereocenters. The zero-order chi connectivity index (χ0) is 17.4. The summed E-state index contributed by atoms with van der Waals surface area (Å²) in [5.74, 6) is -0.271. The van der Waals surface area contributed by atoms with E-state index in [-0.39, 0.29) is 11.5 Å². The quantitative estimate of drug-likeness (QED) is 0.880. The van der Waals surface area contributed by atoms with Crippen LogP contribution in [0.3, 0.4) is 0 Å². The highest BCUT2D eigenvalue weighted by Gasteiger charge is 2.43. The minimum absolute atomic E-state index is 0.271. The number of aryl methyl sites for hydroxylation is 2. The van der Waals surface area contributed by atoms with Gasteiger partial charge in [-0.2, -0.15) is 0 Å². The van der Waals surface area contributed by atoms with Crippen molar-refractivity contribution in [2.75, 3.05) is 18.4 Å². The number of carbonyl (C=O) groups is 1. The van der Waals surface area contributed by atoms with E-state index in [1.807, 2.05) is 19.1 Å². The average molecular weight is 357 g/mol. The van der Waals surface area contributed by atoms with E-state index < -0.39 is 0 Å². The highest BCUT2D eigenvalue weighted by atomic mass is 32.1. The first kappa shape index (κ1) is 16.2. The molecule has 1 saturated heterocycles. The molecular formula is C17H19N5O2S. The van der Waals surface area contributed by atoms with Gasteiger partial charge in [-0.1, -0.05) is 40.3 Å². The van der Waals surface area contributed by atoms with Crippen LogP contribution in [0.2, 0.25) is 0 Å². The number of oxime groups is 1. The predicted molar refractivity (Wildman–Crippen MR) is 96.8 cm³/mol. The van der Waals surface area contributed by atoms with E-state index in [4.69, 9.17) is 4.84 Å². The van der Waals surface area contributed by atoms with Crippen LogP contribution >= 0.6 is 11.3 Å². The van der Waals surface area contributed by atoms with Crippen molar-refractivity contribution in [2.45, 2.75) is 32.3 Å². The molecule has 4 rings (SSSR count). The van der Waals surface area contributed by atoms with E-state index in [1.54, 1.807) is 0 Å². The van der Waals surface area contributed by atoms with E-state index in [9.17, 15) is 4.79 Å². The zero-order valence-corrected chi connectivity index (χ0v) is 14.9. The standard InChI is InChI=1S/C17H19N5O2S/c1-10-3-4-12(11(2)7-10)15-20-21-16(25-15)19-14(23)13-8-17(24-22-13)5-6-18-9-17/h3-4,7,18H,5-6,8-9H2,1-2H3,(H,19,21,23). The molecule has 7 nitrogen and oxygen atoms in total. The molecule has 2 N–H and O–H groups in total. The van der Waals surface area contributed by atoms with E-state index in [1.165, 1.54) is 16.9 Å². The topological polar surface area (TPSA) is 88.5 Å². The molecule has 2 aromatic rings. The fourth-order valence-corrected chi connectivity index (χ4v) is 4.03. The first-order valence-corrected chi connectivity index (χ1v) is 9.05. The number of anilines is 1. The number of hydrogen-bond acceptors (Lipinski definition) is 7. The summed E-state index contributed by atoms with van der Waals surface area (Å²) in [6.07, 6.45) is 1.39. The van der Waals surface area contributed by atoms with Gasteiger partial charge in [-0.25, -0.2) is 0 Å². The number of rotatable bonds is 3. The smallest absolute Gasteiger partial charge is 0.275 e. The number of benzene rings is 1. The number of amides is 1. The van der Waals surface area contributed by atoms with Crippen LogP contribution < -0.4 is 10.6 Å². The van der Waals surface area contributed by atoms with Gasteiger partial charge in [0.05, 0.1) is 0 Å². The third kappa shape index (κ3) is 3.14. The second-order valence-corrected chi connectivity index (χ2v) is 7.58. The molecule has 1 aromatic carbocycles. The molecule has 1 fully saturated rings. The second-order valence-electron chi connectivity index (χ2n) is 6.60. The third-order valence-corrected chi connectivity index (χ3v) is 5.44. The summed E-state index contributed by atoms with van der Waals surface area (Å²) in [7, 11) is 0. The van der Waals surface area contributed by atoms with Gasteiger partial charge in [-0.15, -0.1) is 10.2 Å². The Labute approximate surface area is 149 Å². The van der Waals surface area contributed by atoms with Gasteiger partial charge in [0.15, 0.2) is 5.60 Å². The summed E-state index contributed by atoms with van der Waals surface area (Å²) in [6, 6.07) is 6.18. The summed E-state index contributed by atoms with van der Waals surface area (Å²) in [4.78, 5) is 17.9. The summed E-state index contributed by atoms with van der Waals surface area (Å²) < 4.78 is 0. The molecule has 1 atom stereocenters. The highest BCUT2D eigenvalue weighted by Crippen LogP contribution is 2.32. The van der Waals surface area contributed by atoms with Gasteiger partial charge in [-0.3, -0.25) is 10.1 Å². The summed E-state index contributed by atoms with van der Waals surface area (Å²) in [5.41, 5.74) is 3.43. The molecule has 1 amide bonds. The molecule has 25 heavy (non-hydrogen) atoms. The van der Waals surface area contributed by atoms with Crippen molar-refractivity contribution >= 4 is 28.1 Å². The van der Waals surface area contributed by atoms with Crippen LogP contribution in [0, 0.1) is 13.8 Å². The number of carbonyl (C=O) groups excluding carboxylic acids is 1. The third-order valence-electron chi connectivity index (χ3n) is 4.56. The van der Waals surface area contributed by atoms with Gasteiger partial charge in [0.25, 0.3) is 5.91 Å². The minimum Gasteiger partial charge on any atom is -0.387 e. The Balaban J connectivity index is 1.45. The summed E-state index contributed by atoms with van der Waals surface area (Å²) >= 11 is 1.35. The van der Waals surface area contributed by atoms with Gasteiger partial charge >= 0.3 is 0 Å². The molecule has 8 heteroatoms. The maximum atomic E-state index is 12.4. The first-order valence-electron chi connectivity index (χ1n) is 8.23. The summed E-state index contributed by atoms with van der Waals surface area (Å²) in [6.45, 7) is 5.71. The molecule has 2 aliphatic rings. The highest BCUT2D eigenvalue weighted by molar-refractivity contribution is 7.18. The molecular weight excluding hydrogens is 338 g/mol. The Morgan fingerprint density at radius 3 is 3.00 bits per heavy atom. The van der Waals surface area contributed by atoms with Crippen molar-refractivity contribution < 1.29 is 9.63 Å². The monoisotopic (exact) mass is 357 g/mol. The van der Waals surface area contributed by atoms with Crippen LogP contribution in [-0.4, -0.2) is 40.5 Å². The fraction of sp³-hybridized carbons (Fsp3) is 0.412. The molecule has 0 aliphatic carbocycles. The van der Waals surface area contributed by atoms with E-state index >= 15 is 0 Å². The van der Waals surface area contributed by atoms with Crippen molar-refractivity contribution in [1.29, 1.82) is 0 Å². The van der Waals surface area contributed by atoms with Crippen molar-refractivity contribution in [3.63, 3.8) is 0 Å². The second kappa shape index (κ2) is 6.20. The number of nitrogens with zero attached hydrogens (tertiary/aromatic N) is 3. The maximum Gasteiger partial charge on any atom is 0.275 e. The fourth-order valence-electron chi connectivity index (χ4n) is 3.20. The van der Waals surface area contributed by atoms with E-state index in [0.717, 1.165) is 35.6 Å². The number of aromatic nitrogens is 2. The van der Waals surface area contributed by atoms with Gasteiger partial charge < -0.3 is 10.2 Å². The molecule has 0 radical (unpaired) electrons. The lowest BCUT2D eigenvalue weighted by molar-refractivity contribution is -0.110. The van der Waals surface area contributed by atoms with E-state index in [2.05, 4.69) is 39.0 Å². The Kier molecular flexibility index (Phi) is 4.01. The minimum atomic E-state index is -0.349. The van der Waals surface area contributed by atoms with Crippen LogP contribution in [0.15, 0.2) is 23.4 Å². The molecule has 130 valence electrons. The van der Waals surface area contributed by atoms with Crippen molar-refractivity contribution in [2.24, 2.45) is 5.16 Å². The molecule has 2 aliphatic heterocycles. The van der Waals surface area contributed by atoms with Crippen LogP contribution in [0.25, 0.3) is 10.6 Å². The number of hydrogen-bond donors (Lipinski definition) is 2. The first-order chi connectivity index (χ1) is 12.0. The maximum absolute atomic E-state index is 12.4. The molecule has 1 spiro atoms. The van der Waals surface area contributed by atoms with Crippen LogP contribution in [-0.2, 0) is 9.63 Å². The zero-order valence-electron chi connectivity index (χ0n) is 14.1. The molecule has 3 heterocycles. The van der Waals surface area contributed by atoms with Crippen LogP contribution in [0.5, 0.6) is 0 Å². The van der Waals surface area contributed by atoms with Gasteiger partial charge in [0, 0.05) is 24.9 Å². The Bertz CT molecular complexity index is 854. The SMILES string of the molecule is Cc1ccc(-c2nnc(NC(=O)C3=NOC4(CCNC4)C3)s2)c(C)c1. The van der Waals surface area contributed by atoms with Gasteiger partial charge in [-0.05, 0) is 26.0 Å². The van der Waals surface area contributed by atoms with Crippen molar-refractivity contribution in [1.82, 2.24) is 15.5 Å².